The van der Waals surface area contributed by atoms with Crippen molar-refractivity contribution in [3.63, 3.8) is 0 Å². The number of rotatable bonds is 2. The van der Waals surface area contributed by atoms with E-state index in [1.54, 1.807) is 14.2 Å². The van der Waals surface area contributed by atoms with Gasteiger partial charge in [-0.1, -0.05) is 5.54 Å². The van der Waals surface area contributed by atoms with Crippen LogP contribution in [0.4, 0.5) is 0 Å². The molecule has 0 aromatic carbocycles. The van der Waals surface area contributed by atoms with E-state index >= 15 is 0 Å². The van der Waals surface area contributed by atoms with Crippen LogP contribution >= 0.6 is 0 Å². The van der Waals surface area contributed by atoms with Crippen molar-refractivity contribution in [1.82, 2.24) is 0 Å². The second kappa shape index (κ2) is 5.47. The van der Waals surface area contributed by atoms with E-state index in [2.05, 4.69) is 29.2 Å². The molecule has 0 aromatic rings. The summed E-state index contributed by atoms with van der Waals surface area (Å²) in [5.41, 5.74) is 2.81. The second-order valence-corrected chi connectivity index (χ2v) is 4.96. The highest BCUT2D eigenvalue weighted by atomic mass is 28.4. The van der Waals surface area contributed by atoms with E-state index in [-0.39, 0.29) is 0 Å². The average Bonchev–Trinajstić information content (AvgIpc) is 2.12. The van der Waals surface area contributed by atoms with E-state index in [1.165, 1.54) is 0 Å². The Bertz CT molecular complexity index is 288. The highest BCUT2D eigenvalue weighted by molar-refractivity contribution is 6.74. The molecule has 0 saturated carbocycles. The minimum atomic E-state index is -2.28. The standard InChI is InChI=1S/C9H10O2Si/c1-5-6-7-8-9-12(4,10-2)11-3/h1H,2-4H3. The van der Waals surface area contributed by atoms with Crippen LogP contribution in [0, 0.1) is 35.6 Å². The molecule has 0 aliphatic carbocycles. The lowest BCUT2D eigenvalue weighted by atomic mass is 10.6. The monoisotopic (exact) mass is 178 g/mol. The molecule has 0 atom stereocenters. The van der Waals surface area contributed by atoms with Crippen molar-refractivity contribution in [1.29, 1.82) is 0 Å². The van der Waals surface area contributed by atoms with Gasteiger partial charge in [0.25, 0.3) is 0 Å². The maximum atomic E-state index is 5.09. The lowest BCUT2D eigenvalue weighted by molar-refractivity contribution is 0.266. The fourth-order valence-corrected chi connectivity index (χ4v) is 1.06. The van der Waals surface area contributed by atoms with Crippen molar-refractivity contribution in [2.75, 3.05) is 14.2 Å². The summed E-state index contributed by atoms with van der Waals surface area (Å²) in [6.45, 7) is 1.83. The highest BCUT2D eigenvalue weighted by Gasteiger charge is 2.25. The van der Waals surface area contributed by atoms with Gasteiger partial charge in [0, 0.05) is 14.2 Å². The van der Waals surface area contributed by atoms with Gasteiger partial charge in [0.1, 0.15) is 0 Å². The summed E-state index contributed by atoms with van der Waals surface area (Å²) in [5.74, 6) is 9.62. The largest absolute Gasteiger partial charge is 0.421 e. The van der Waals surface area contributed by atoms with Crippen LogP contribution in [0.2, 0.25) is 6.55 Å². The first kappa shape index (κ1) is 10.8. The fraction of sp³-hybridized carbons (Fsp3) is 0.333. The fourth-order valence-electron chi connectivity index (χ4n) is 0.398. The maximum Gasteiger partial charge on any atom is 0.421 e. The Morgan fingerprint density at radius 2 is 1.67 bits per heavy atom. The van der Waals surface area contributed by atoms with Gasteiger partial charge in [0.2, 0.25) is 0 Å². The lowest BCUT2D eigenvalue weighted by Crippen LogP contribution is -2.34. The minimum absolute atomic E-state index is 1.57. The van der Waals surface area contributed by atoms with Crippen molar-refractivity contribution >= 4 is 8.56 Å². The molecule has 0 unspecified atom stereocenters. The summed E-state index contributed by atoms with van der Waals surface area (Å²) in [6.07, 6.45) is 4.90. The van der Waals surface area contributed by atoms with Crippen LogP contribution in [0.5, 0.6) is 0 Å². The molecule has 0 aliphatic rings. The number of hydrogen-bond acceptors (Lipinski definition) is 2. The van der Waals surface area contributed by atoms with Gasteiger partial charge in [-0.15, -0.1) is 6.42 Å². The van der Waals surface area contributed by atoms with E-state index in [0.29, 0.717) is 0 Å². The minimum Gasteiger partial charge on any atom is -0.389 e. The van der Waals surface area contributed by atoms with Crippen molar-refractivity contribution in [3.05, 3.63) is 0 Å². The smallest absolute Gasteiger partial charge is 0.389 e. The molecule has 0 aromatic heterocycles. The molecule has 0 N–H and O–H groups in total. The van der Waals surface area contributed by atoms with Crippen LogP contribution in [0.1, 0.15) is 0 Å². The molecule has 62 valence electrons. The van der Waals surface area contributed by atoms with E-state index < -0.39 is 8.56 Å². The number of terminal acetylenes is 1. The molecule has 0 heterocycles. The molecular formula is C9H10O2Si. The van der Waals surface area contributed by atoms with E-state index in [9.17, 15) is 0 Å². The molecule has 3 heteroatoms. The van der Waals surface area contributed by atoms with Gasteiger partial charge >= 0.3 is 8.56 Å². The zero-order valence-electron chi connectivity index (χ0n) is 7.39. The van der Waals surface area contributed by atoms with Crippen LogP contribution in [0.3, 0.4) is 0 Å². The third kappa shape index (κ3) is 3.86. The van der Waals surface area contributed by atoms with Crippen LogP contribution in [0.25, 0.3) is 0 Å². The molecule has 12 heavy (non-hydrogen) atoms. The third-order valence-electron chi connectivity index (χ3n) is 1.27. The summed E-state index contributed by atoms with van der Waals surface area (Å²) in [4.78, 5) is 0. The van der Waals surface area contributed by atoms with E-state index in [1.807, 2.05) is 6.55 Å². The Morgan fingerprint density at radius 1 is 1.08 bits per heavy atom. The Morgan fingerprint density at radius 3 is 2.08 bits per heavy atom. The Labute approximate surface area is 74.5 Å². The Hall–Kier alpha value is -1.18. The first-order valence-corrected chi connectivity index (χ1v) is 5.58. The van der Waals surface area contributed by atoms with Crippen LogP contribution in [-0.2, 0) is 8.85 Å². The molecule has 0 bridgehead atoms. The maximum absolute atomic E-state index is 5.09. The topological polar surface area (TPSA) is 18.5 Å². The predicted octanol–water partition coefficient (Wildman–Crippen LogP) is 0.530. The molecule has 0 rings (SSSR count). The Balaban J connectivity index is 4.37. The summed E-state index contributed by atoms with van der Waals surface area (Å²) < 4.78 is 10.2. The van der Waals surface area contributed by atoms with E-state index in [0.717, 1.165) is 0 Å². The quantitative estimate of drug-likeness (QED) is 0.453. The molecular weight excluding hydrogens is 168 g/mol. The molecule has 0 fully saturated rings. The van der Waals surface area contributed by atoms with Crippen molar-refractivity contribution in [2.45, 2.75) is 6.55 Å². The molecule has 0 aliphatic heterocycles. The lowest BCUT2D eigenvalue weighted by Gasteiger charge is -2.14. The van der Waals surface area contributed by atoms with Crippen molar-refractivity contribution in [3.8, 4) is 35.6 Å². The van der Waals surface area contributed by atoms with Gasteiger partial charge in [-0.3, -0.25) is 0 Å². The SMILES string of the molecule is C#CC#CC#C[Si](C)(OC)OC. The summed E-state index contributed by atoms with van der Waals surface area (Å²) in [5, 5.41) is 0. The molecule has 2 nitrogen and oxygen atoms in total. The van der Waals surface area contributed by atoms with Gasteiger partial charge in [-0.25, -0.2) is 0 Å². The summed E-state index contributed by atoms with van der Waals surface area (Å²) in [6, 6.07) is 0. The van der Waals surface area contributed by atoms with Crippen LogP contribution in [0.15, 0.2) is 0 Å². The predicted molar refractivity (Wildman–Crippen MR) is 50.0 cm³/mol. The van der Waals surface area contributed by atoms with Crippen LogP contribution in [-0.4, -0.2) is 22.8 Å². The van der Waals surface area contributed by atoms with Crippen molar-refractivity contribution < 1.29 is 8.85 Å². The van der Waals surface area contributed by atoms with E-state index in [4.69, 9.17) is 15.3 Å². The van der Waals surface area contributed by atoms with Crippen molar-refractivity contribution in [2.24, 2.45) is 0 Å². The first-order chi connectivity index (χ1) is 5.68. The van der Waals surface area contributed by atoms with Gasteiger partial charge in [0.05, 0.1) is 0 Å². The average molecular weight is 178 g/mol. The van der Waals surface area contributed by atoms with Gasteiger partial charge in [-0.2, -0.15) is 0 Å². The first-order valence-electron chi connectivity index (χ1n) is 3.26. The summed E-state index contributed by atoms with van der Waals surface area (Å²) in [7, 11) is 0.857. The van der Waals surface area contributed by atoms with Gasteiger partial charge in [-0.05, 0) is 30.2 Å². The molecule has 0 radical (unpaired) electrons. The normalized spacial score (nSPS) is 8.50. The zero-order valence-corrected chi connectivity index (χ0v) is 8.39. The number of hydrogen-bond donors (Lipinski definition) is 0. The molecule has 0 spiro atoms. The van der Waals surface area contributed by atoms with Gasteiger partial charge < -0.3 is 8.85 Å². The van der Waals surface area contributed by atoms with Gasteiger partial charge in [0.15, 0.2) is 0 Å². The zero-order chi connectivity index (χ0) is 9.45. The summed E-state index contributed by atoms with van der Waals surface area (Å²) >= 11 is 0. The Kier molecular flexibility index (Phi) is 4.93. The molecule has 0 saturated heterocycles. The second-order valence-electron chi connectivity index (χ2n) is 2.00. The van der Waals surface area contributed by atoms with Crippen LogP contribution < -0.4 is 0 Å². The molecule has 0 amide bonds. The highest BCUT2D eigenvalue weighted by Crippen LogP contribution is 2.00. The third-order valence-corrected chi connectivity index (χ3v) is 3.40.